The molecule has 0 amide bonds. The summed E-state index contributed by atoms with van der Waals surface area (Å²) in [5.74, 6) is 0.362. The highest BCUT2D eigenvalue weighted by atomic mass is 16.5. The zero-order valence-corrected chi connectivity index (χ0v) is 14.3. The lowest BCUT2D eigenvalue weighted by Crippen LogP contribution is -2.35. The van der Waals surface area contributed by atoms with Crippen molar-refractivity contribution in [1.82, 2.24) is 0 Å². The van der Waals surface area contributed by atoms with E-state index in [0.717, 1.165) is 24.1 Å². The molecule has 4 heteroatoms. The fourth-order valence-corrected chi connectivity index (χ4v) is 3.86. The molecule has 2 rings (SSSR count). The van der Waals surface area contributed by atoms with Gasteiger partial charge in [-0.1, -0.05) is 20.8 Å². The van der Waals surface area contributed by atoms with Crippen molar-refractivity contribution in [2.75, 3.05) is 18.2 Å². The molecule has 0 unspecified atom stereocenters. The Bertz CT molecular complexity index is 566. The SMILES string of the molecule is COC(=O)c1cc(N)c(N[C@@H]2C[C@@H](C)CC(C)(C)C2)cc1C. The number of carbonyl (C=O) groups is 1. The van der Waals surface area contributed by atoms with Crippen LogP contribution in [0.5, 0.6) is 0 Å². The van der Waals surface area contributed by atoms with Gasteiger partial charge in [0, 0.05) is 6.04 Å². The van der Waals surface area contributed by atoms with Crippen LogP contribution in [0, 0.1) is 18.3 Å². The number of carbonyl (C=O) groups excluding carboxylic acids is 1. The van der Waals surface area contributed by atoms with Gasteiger partial charge >= 0.3 is 5.97 Å². The van der Waals surface area contributed by atoms with Crippen LogP contribution in [0.25, 0.3) is 0 Å². The first-order valence-corrected chi connectivity index (χ1v) is 7.97. The highest BCUT2D eigenvalue weighted by Crippen LogP contribution is 2.40. The second-order valence-electron chi connectivity index (χ2n) is 7.50. The van der Waals surface area contributed by atoms with E-state index < -0.39 is 0 Å². The Kier molecular flexibility index (Phi) is 4.69. The number of nitrogens with one attached hydrogen (secondary N) is 1. The normalized spacial score (nSPS) is 23.9. The lowest BCUT2D eigenvalue weighted by Gasteiger charge is -2.39. The standard InChI is InChI=1S/C18H28N2O2/c1-11-6-13(10-18(3,4)9-11)20-16-7-12(2)14(8-15(16)19)17(21)22-5/h7-8,11,13,20H,6,9-10,19H2,1-5H3/t11-,13-/m1/s1. The molecular formula is C18H28N2O2. The highest BCUT2D eigenvalue weighted by Gasteiger charge is 2.32. The molecule has 1 saturated carbocycles. The maximum absolute atomic E-state index is 11.7. The summed E-state index contributed by atoms with van der Waals surface area (Å²) in [6.45, 7) is 8.87. The van der Waals surface area contributed by atoms with E-state index in [4.69, 9.17) is 10.5 Å². The molecule has 1 aromatic carbocycles. The van der Waals surface area contributed by atoms with Crippen LogP contribution in [0.4, 0.5) is 11.4 Å². The summed E-state index contributed by atoms with van der Waals surface area (Å²) in [5, 5.41) is 3.58. The smallest absolute Gasteiger partial charge is 0.338 e. The van der Waals surface area contributed by atoms with Crippen molar-refractivity contribution in [2.24, 2.45) is 11.3 Å². The van der Waals surface area contributed by atoms with Crippen LogP contribution < -0.4 is 11.1 Å². The van der Waals surface area contributed by atoms with E-state index in [2.05, 4.69) is 26.1 Å². The highest BCUT2D eigenvalue weighted by molar-refractivity contribution is 5.93. The number of methoxy groups -OCH3 is 1. The molecule has 0 spiro atoms. The van der Waals surface area contributed by atoms with Gasteiger partial charge in [-0.15, -0.1) is 0 Å². The Morgan fingerprint density at radius 2 is 2.05 bits per heavy atom. The fourth-order valence-electron chi connectivity index (χ4n) is 3.86. The molecule has 0 aromatic heterocycles. The van der Waals surface area contributed by atoms with Gasteiger partial charge < -0.3 is 15.8 Å². The second kappa shape index (κ2) is 6.19. The van der Waals surface area contributed by atoms with Crippen LogP contribution in [0.2, 0.25) is 0 Å². The van der Waals surface area contributed by atoms with E-state index >= 15 is 0 Å². The maximum atomic E-state index is 11.7. The van der Waals surface area contributed by atoms with E-state index in [1.165, 1.54) is 13.5 Å². The summed E-state index contributed by atoms with van der Waals surface area (Å²) < 4.78 is 4.79. The average molecular weight is 304 g/mol. The van der Waals surface area contributed by atoms with E-state index in [-0.39, 0.29) is 5.97 Å². The Morgan fingerprint density at radius 1 is 1.36 bits per heavy atom. The Morgan fingerprint density at radius 3 is 2.64 bits per heavy atom. The molecule has 4 nitrogen and oxygen atoms in total. The molecule has 0 radical (unpaired) electrons. The molecule has 3 N–H and O–H groups in total. The third-order valence-electron chi connectivity index (χ3n) is 4.55. The Labute approximate surface area is 133 Å². The van der Waals surface area contributed by atoms with Gasteiger partial charge in [0.05, 0.1) is 24.0 Å². The van der Waals surface area contributed by atoms with Crippen LogP contribution in [0.15, 0.2) is 12.1 Å². The van der Waals surface area contributed by atoms with Crippen LogP contribution in [-0.4, -0.2) is 19.1 Å². The van der Waals surface area contributed by atoms with Crippen molar-refractivity contribution in [3.05, 3.63) is 23.3 Å². The number of rotatable bonds is 3. The van der Waals surface area contributed by atoms with Gasteiger partial charge in [-0.3, -0.25) is 0 Å². The monoisotopic (exact) mass is 304 g/mol. The number of nitrogens with two attached hydrogens (primary N) is 1. The first kappa shape index (κ1) is 16.7. The quantitative estimate of drug-likeness (QED) is 0.654. The number of benzene rings is 1. The number of esters is 1. The molecule has 1 aliphatic carbocycles. The molecule has 0 bridgehead atoms. The Balaban J connectivity index is 2.20. The maximum Gasteiger partial charge on any atom is 0.338 e. The molecule has 0 aliphatic heterocycles. The summed E-state index contributed by atoms with van der Waals surface area (Å²) in [5.41, 5.74) is 9.41. The van der Waals surface area contributed by atoms with E-state index in [9.17, 15) is 4.79 Å². The topological polar surface area (TPSA) is 64.3 Å². The first-order valence-electron chi connectivity index (χ1n) is 7.97. The number of hydrogen-bond donors (Lipinski definition) is 2. The van der Waals surface area contributed by atoms with E-state index in [0.29, 0.717) is 28.6 Å². The van der Waals surface area contributed by atoms with E-state index in [1.807, 2.05) is 13.0 Å². The molecule has 0 saturated heterocycles. The zero-order chi connectivity index (χ0) is 16.5. The molecule has 22 heavy (non-hydrogen) atoms. The van der Waals surface area contributed by atoms with Gasteiger partial charge in [-0.2, -0.15) is 0 Å². The van der Waals surface area contributed by atoms with Crippen LogP contribution in [0.1, 0.15) is 56.0 Å². The molecular weight excluding hydrogens is 276 g/mol. The van der Waals surface area contributed by atoms with Crippen molar-refractivity contribution >= 4 is 17.3 Å². The molecule has 1 fully saturated rings. The predicted octanol–water partition coefficient (Wildman–Crippen LogP) is 3.99. The van der Waals surface area contributed by atoms with Crippen LogP contribution in [0.3, 0.4) is 0 Å². The van der Waals surface area contributed by atoms with Crippen molar-refractivity contribution in [3.63, 3.8) is 0 Å². The number of nitrogen functional groups attached to an aromatic ring is 1. The molecule has 1 aromatic rings. The second-order valence-corrected chi connectivity index (χ2v) is 7.50. The summed E-state index contributed by atoms with van der Waals surface area (Å²) in [6, 6.07) is 4.08. The predicted molar refractivity (Wildman–Crippen MR) is 91.1 cm³/mol. The lowest BCUT2D eigenvalue weighted by atomic mass is 9.70. The van der Waals surface area contributed by atoms with Gasteiger partial charge in [-0.25, -0.2) is 4.79 Å². The summed E-state index contributed by atoms with van der Waals surface area (Å²) in [6.07, 6.45) is 3.55. The molecule has 0 heterocycles. The van der Waals surface area contributed by atoms with Gasteiger partial charge in [-0.05, 0) is 55.2 Å². The van der Waals surface area contributed by atoms with Gasteiger partial charge in [0.1, 0.15) is 0 Å². The van der Waals surface area contributed by atoms with Crippen molar-refractivity contribution in [1.29, 1.82) is 0 Å². The molecule has 1 aliphatic rings. The minimum atomic E-state index is -0.344. The summed E-state index contributed by atoms with van der Waals surface area (Å²) in [7, 11) is 1.38. The fraction of sp³-hybridized carbons (Fsp3) is 0.611. The van der Waals surface area contributed by atoms with Crippen molar-refractivity contribution in [3.8, 4) is 0 Å². The third kappa shape index (κ3) is 3.73. The van der Waals surface area contributed by atoms with Gasteiger partial charge in [0.2, 0.25) is 0 Å². The van der Waals surface area contributed by atoms with Crippen molar-refractivity contribution < 1.29 is 9.53 Å². The Hall–Kier alpha value is -1.71. The number of aryl methyl sites for hydroxylation is 1. The summed E-state index contributed by atoms with van der Waals surface area (Å²) >= 11 is 0. The van der Waals surface area contributed by atoms with Crippen LogP contribution in [-0.2, 0) is 4.74 Å². The summed E-state index contributed by atoms with van der Waals surface area (Å²) in [4.78, 5) is 11.7. The number of anilines is 2. The minimum Gasteiger partial charge on any atom is -0.465 e. The first-order chi connectivity index (χ1) is 10.2. The molecule has 2 atom stereocenters. The van der Waals surface area contributed by atoms with Gasteiger partial charge in [0.25, 0.3) is 0 Å². The third-order valence-corrected chi connectivity index (χ3v) is 4.55. The lowest BCUT2D eigenvalue weighted by molar-refractivity contribution is 0.0600. The largest absolute Gasteiger partial charge is 0.465 e. The number of hydrogen-bond acceptors (Lipinski definition) is 4. The van der Waals surface area contributed by atoms with Crippen molar-refractivity contribution in [2.45, 2.75) is 53.0 Å². The van der Waals surface area contributed by atoms with Gasteiger partial charge in [0.15, 0.2) is 0 Å². The average Bonchev–Trinajstić information content (AvgIpc) is 2.39. The number of ether oxygens (including phenoxy) is 1. The minimum absolute atomic E-state index is 0.344. The van der Waals surface area contributed by atoms with E-state index in [1.54, 1.807) is 6.07 Å². The van der Waals surface area contributed by atoms with Crippen LogP contribution >= 0.6 is 0 Å². The molecule has 122 valence electrons. The zero-order valence-electron chi connectivity index (χ0n) is 14.3.